The number of hydrogen-bond acceptors (Lipinski definition) is 3. The highest BCUT2D eigenvalue weighted by molar-refractivity contribution is 5.79. The van der Waals surface area contributed by atoms with Crippen molar-refractivity contribution in [2.75, 3.05) is 26.3 Å². The molecule has 1 aliphatic carbocycles. The lowest BCUT2D eigenvalue weighted by Crippen LogP contribution is -2.42. The molecule has 0 heterocycles. The van der Waals surface area contributed by atoms with Crippen molar-refractivity contribution in [2.24, 2.45) is 22.7 Å². The van der Waals surface area contributed by atoms with Crippen molar-refractivity contribution in [3.8, 4) is 0 Å². The lowest BCUT2D eigenvalue weighted by atomic mass is 9.83. The van der Waals surface area contributed by atoms with Crippen LogP contribution in [0.3, 0.4) is 0 Å². The number of hydrazine groups is 1. The molecular formula is C14H30N4O. The summed E-state index contributed by atoms with van der Waals surface area (Å²) in [6.45, 7) is 7.62. The maximum atomic E-state index is 5.48. The molecule has 0 aromatic heterocycles. The predicted molar refractivity (Wildman–Crippen MR) is 79.9 cm³/mol. The van der Waals surface area contributed by atoms with Gasteiger partial charge in [-0.1, -0.05) is 19.8 Å². The van der Waals surface area contributed by atoms with Crippen molar-refractivity contribution < 1.29 is 4.74 Å². The summed E-state index contributed by atoms with van der Waals surface area (Å²) in [4.78, 5) is 4.54. The van der Waals surface area contributed by atoms with E-state index in [2.05, 4.69) is 22.7 Å². The molecule has 0 bridgehead atoms. The molecule has 0 saturated heterocycles. The van der Waals surface area contributed by atoms with Gasteiger partial charge in [0.25, 0.3) is 0 Å². The largest absolute Gasteiger partial charge is 0.382 e. The fourth-order valence-corrected chi connectivity index (χ4v) is 2.41. The third-order valence-corrected chi connectivity index (χ3v) is 3.74. The van der Waals surface area contributed by atoms with Crippen LogP contribution in [0.1, 0.15) is 46.0 Å². The van der Waals surface area contributed by atoms with Crippen LogP contribution in [0.25, 0.3) is 0 Å². The second-order valence-electron chi connectivity index (χ2n) is 5.44. The second kappa shape index (κ2) is 10.0. The number of nitrogens with two attached hydrogens (primary N) is 1. The summed E-state index contributed by atoms with van der Waals surface area (Å²) in [6, 6.07) is 0. The molecule has 1 rings (SSSR count). The molecule has 5 heteroatoms. The summed E-state index contributed by atoms with van der Waals surface area (Å²) in [5.41, 5.74) is 2.64. The van der Waals surface area contributed by atoms with E-state index in [0.717, 1.165) is 44.6 Å². The third-order valence-electron chi connectivity index (χ3n) is 3.74. The van der Waals surface area contributed by atoms with Crippen molar-refractivity contribution in [3.05, 3.63) is 0 Å². The van der Waals surface area contributed by atoms with E-state index in [9.17, 15) is 0 Å². The molecule has 0 atom stereocenters. The zero-order chi connectivity index (χ0) is 13.9. The van der Waals surface area contributed by atoms with E-state index in [1.807, 2.05) is 6.92 Å². The van der Waals surface area contributed by atoms with Crippen molar-refractivity contribution in [1.29, 1.82) is 0 Å². The molecule has 4 N–H and O–H groups in total. The van der Waals surface area contributed by atoms with Crippen LogP contribution in [0.15, 0.2) is 4.99 Å². The number of hydrogen-bond donors (Lipinski definition) is 3. The molecule has 112 valence electrons. The maximum Gasteiger partial charge on any atom is 0.205 e. The molecule has 1 fully saturated rings. The number of rotatable bonds is 7. The highest BCUT2D eigenvalue weighted by atomic mass is 16.5. The first-order valence-corrected chi connectivity index (χ1v) is 7.59. The Bertz CT molecular complexity index is 250. The molecule has 0 radical (unpaired) electrons. The standard InChI is InChI=1S/C14H30N4O/c1-3-19-10-4-9-16-14(18-15)17-11-13-7-5-12(2)6-8-13/h12-13H,3-11,15H2,1-2H3,(H2,16,17,18). The summed E-state index contributed by atoms with van der Waals surface area (Å²) >= 11 is 0. The van der Waals surface area contributed by atoms with E-state index in [-0.39, 0.29) is 0 Å². The molecule has 1 saturated carbocycles. The number of aliphatic imine (C=N–C) groups is 1. The zero-order valence-electron chi connectivity index (χ0n) is 12.5. The Kier molecular flexibility index (Phi) is 8.58. The first-order chi connectivity index (χ1) is 9.26. The lowest BCUT2D eigenvalue weighted by molar-refractivity contribution is 0.145. The third kappa shape index (κ3) is 7.38. The second-order valence-corrected chi connectivity index (χ2v) is 5.44. The lowest BCUT2D eigenvalue weighted by Gasteiger charge is -2.25. The van der Waals surface area contributed by atoms with Gasteiger partial charge in [0.1, 0.15) is 0 Å². The topological polar surface area (TPSA) is 71.7 Å². The normalized spacial score (nSPS) is 24.3. The van der Waals surface area contributed by atoms with Crippen LogP contribution in [0.4, 0.5) is 0 Å². The Morgan fingerprint density at radius 3 is 2.68 bits per heavy atom. The molecule has 0 unspecified atom stereocenters. The SMILES string of the molecule is CCOCCCNC(=NCC1CCC(C)CC1)NN. The van der Waals surface area contributed by atoms with E-state index < -0.39 is 0 Å². The van der Waals surface area contributed by atoms with Crippen molar-refractivity contribution >= 4 is 5.96 Å². The van der Waals surface area contributed by atoms with Gasteiger partial charge in [0, 0.05) is 26.3 Å². The molecule has 19 heavy (non-hydrogen) atoms. The van der Waals surface area contributed by atoms with Crippen LogP contribution in [0, 0.1) is 11.8 Å². The average Bonchev–Trinajstić information content (AvgIpc) is 2.44. The van der Waals surface area contributed by atoms with E-state index in [1.54, 1.807) is 0 Å². The quantitative estimate of drug-likeness (QED) is 0.216. The summed E-state index contributed by atoms with van der Waals surface area (Å²) in [7, 11) is 0. The van der Waals surface area contributed by atoms with Crippen LogP contribution in [0.5, 0.6) is 0 Å². The molecular weight excluding hydrogens is 240 g/mol. The maximum absolute atomic E-state index is 5.48. The number of guanidine groups is 1. The average molecular weight is 270 g/mol. The van der Waals surface area contributed by atoms with Crippen molar-refractivity contribution in [1.82, 2.24) is 10.7 Å². The Morgan fingerprint density at radius 1 is 1.32 bits per heavy atom. The molecule has 0 aromatic carbocycles. The minimum atomic E-state index is 0.704. The fourth-order valence-electron chi connectivity index (χ4n) is 2.41. The molecule has 5 nitrogen and oxygen atoms in total. The number of nitrogens with one attached hydrogen (secondary N) is 2. The number of ether oxygens (including phenoxy) is 1. The molecule has 0 aromatic rings. The van der Waals surface area contributed by atoms with Crippen LogP contribution in [0.2, 0.25) is 0 Å². The van der Waals surface area contributed by atoms with Gasteiger partial charge in [-0.3, -0.25) is 10.4 Å². The summed E-state index contributed by atoms with van der Waals surface area (Å²) in [5.74, 6) is 7.80. The fraction of sp³-hybridized carbons (Fsp3) is 0.929. The van der Waals surface area contributed by atoms with Gasteiger partial charge < -0.3 is 10.1 Å². The first kappa shape index (κ1) is 16.2. The first-order valence-electron chi connectivity index (χ1n) is 7.59. The van der Waals surface area contributed by atoms with Gasteiger partial charge in [-0.25, -0.2) is 5.84 Å². The van der Waals surface area contributed by atoms with Gasteiger partial charge in [0.2, 0.25) is 5.96 Å². The summed E-state index contributed by atoms with van der Waals surface area (Å²) in [5, 5.41) is 3.21. The highest BCUT2D eigenvalue weighted by Gasteiger charge is 2.17. The molecule has 1 aliphatic rings. The van der Waals surface area contributed by atoms with E-state index >= 15 is 0 Å². The van der Waals surface area contributed by atoms with Gasteiger partial charge >= 0.3 is 0 Å². The van der Waals surface area contributed by atoms with Crippen molar-refractivity contribution in [3.63, 3.8) is 0 Å². The summed E-state index contributed by atoms with van der Waals surface area (Å²) in [6.07, 6.45) is 6.25. The van der Waals surface area contributed by atoms with Gasteiger partial charge in [0.15, 0.2) is 0 Å². The smallest absolute Gasteiger partial charge is 0.205 e. The van der Waals surface area contributed by atoms with Crippen LogP contribution >= 0.6 is 0 Å². The monoisotopic (exact) mass is 270 g/mol. The van der Waals surface area contributed by atoms with E-state index in [1.165, 1.54) is 25.7 Å². The predicted octanol–water partition coefficient (Wildman–Crippen LogP) is 1.65. The van der Waals surface area contributed by atoms with Crippen LogP contribution in [-0.2, 0) is 4.74 Å². The highest BCUT2D eigenvalue weighted by Crippen LogP contribution is 2.28. The minimum Gasteiger partial charge on any atom is -0.382 e. The van der Waals surface area contributed by atoms with Gasteiger partial charge in [0.05, 0.1) is 0 Å². The van der Waals surface area contributed by atoms with Crippen LogP contribution < -0.4 is 16.6 Å². The number of nitrogens with zero attached hydrogens (tertiary/aromatic N) is 1. The Morgan fingerprint density at radius 2 is 2.05 bits per heavy atom. The van der Waals surface area contributed by atoms with E-state index in [0.29, 0.717) is 5.96 Å². The Balaban J connectivity index is 2.16. The summed E-state index contributed by atoms with van der Waals surface area (Å²) < 4.78 is 5.28. The van der Waals surface area contributed by atoms with Gasteiger partial charge in [-0.05, 0) is 38.0 Å². The minimum absolute atomic E-state index is 0.704. The zero-order valence-corrected chi connectivity index (χ0v) is 12.5. The van der Waals surface area contributed by atoms with E-state index in [4.69, 9.17) is 10.6 Å². The van der Waals surface area contributed by atoms with Crippen molar-refractivity contribution in [2.45, 2.75) is 46.0 Å². The Labute approximate surface area is 117 Å². The van der Waals surface area contributed by atoms with Crippen LogP contribution in [-0.4, -0.2) is 32.3 Å². The Hall–Kier alpha value is -0.810. The van der Waals surface area contributed by atoms with Gasteiger partial charge in [-0.2, -0.15) is 0 Å². The molecule has 0 aliphatic heterocycles. The molecule has 0 spiro atoms. The molecule has 0 amide bonds. The van der Waals surface area contributed by atoms with Gasteiger partial charge in [-0.15, -0.1) is 0 Å².